The van der Waals surface area contributed by atoms with Gasteiger partial charge in [-0.3, -0.25) is 4.79 Å². The van der Waals surface area contributed by atoms with Crippen LogP contribution >= 0.6 is 0 Å². The number of methoxy groups -OCH3 is 2. The maximum Gasteiger partial charge on any atom is 0.220 e. The van der Waals surface area contributed by atoms with Crippen molar-refractivity contribution >= 4 is 11.6 Å². The third-order valence-corrected chi connectivity index (χ3v) is 6.03. The van der Waals surface area contributed by atoms with E-state index in [0.717, 1.165) is 46.0 Å². The van der Waals surface area contributed by atoms with Crippen molar-refractivity contribution < 1.29 is 14.3 Å². The van der Waals surface area contributed by atoms with Crippen molar-refractivity contribution in [1.29, 1.82) is 0 Å². The molecule has 1 amide bonds. The van der Waals surface area contributed by atoms with Gasteiger partial charge in [0.1, 0.15) is 11.5 Å². The fraction of sp³-hybridized carbons (Fsp3) is 0.296. The van der Waals surface area contributed by atoms with E-state index in [0.29, 0.717) is 25.1 Å². The van der Waals surface area contributed by atoms with Gasteiger partial charge in [-0.15, -0.1) is 0 Å². The third kappa shape index (κ3) is 5.03. The Kier molecular flexibility index (Phi) is 7.11. The molecule has 0 fully saturated rings. The molecular weight excluding hydrogens is 428 g/mol. The fourth-order valence-corrected chi connectivity index (χ4v) is 4.15. The van der Waals surface area contributed by atoms with Gasteiger partial charge in [0.15, 0.2) is 5.65 Å². The molecule has 2 heterocycles. The number of rotatable bonds is 9. The quantitative estimate of drug-likeness (QED) is 0.404. The molecule has 0 saturated heterocycles. The summed E-state index contributed by atoms with van der Waals surface area (Å²) < 4.78 is 12.7. The molecule has 0 atom stereocenters. The van der Waals surface area contributed by atoms with Gasteiger partial charge >= 0.3 is 0 Å². The number of ether oxygens (including phenoxy) is 2. The Labute approximate surface area is 199 Å². The topological polar surface area (TPSA) is 77.8 Å². The fourth-order valence-electron chi connectivity index (χ4n) is 4.15. The van der Waals surface area contributed by atoms with E-state index >= 15 is 0 Å². The second-order valence-electron chi connectivity index (χ2n) is 8.21. The highest BCUT2D eigenvalue weighted by Gasteiger charge is 2.16. The maximum atomic E-state index is 12.4. The van der Waals surface area contributed by atoms with Crippen molar-refractivity contribution in [3.05, 3.63) is 77.1 Å². The standard InChI is InChI=1S/C27H30N4O3/c1-18-22(12-13-27(32)28-15-14-20-8-6-5-7-9-20)19(2)31-26(29-18)17-24(30-31)23-11-10-21(33-3)16-25(23)34-4/h5-11,16-17H,12-15H2,1-4H3,(H,28,32). The number of aryl methyl sites for hydroxylation is 2. The van der Waals surface area contributed by atoms with E-state index in [1.54, 1.807) is 14.2 Å². The van der Waals surface area contributed by atoms with Crippen molar-refractivity contribution in [2.24, 2.45) is 0 Å². The number of nitrogens with one attached hydrogen (secondary N) is 1. The predicted molar refractivity (Wildman–Crippen MR) is 132 cm³/mol. The lowest BCUT2D eigenvalue weighted by Gasteiger charge is -2.11. The van der Waals surface area contributed by atoms with Gasteiger partial charge in [-0.1, -0.05) is 30.3 Å². The minimum absolute atomic E-state index is 0.0407. The van der Waals surface area contributed by atoms with Crippen molar-refractivity contribution in [2.75, 3.05) is 20.8 Å². The number of aromatic nitrogens is 3. The predicted octanol–water partition coefficient (Wildman–Crippen LogP) is 4.32. The summed E-state index contributed by atoms with van der Waals surface area (Å²) in [5.74, 6) is 1.45. The van der Waals surface area contributed by atoms with Gasteiger partial charge in [-0.2, -0.15) is 5.10 Å². The molecule has 0 aliphatic heterocycles. The summed E-state index contributed by atoms with van der Waals surface area (Å²) in [5, 5.41) is 7.81. The summed E-state index contributed by atoms with van der Waals surface area (Å²) >= 11 is 0. The van der Waals surface area contributed by atoms with E-state index < -0.39 is 0 Å². The highest BCUT2D eigenvalue weighted by Crippen LogP contribution is 2.33. The number of hydrogen-bond donors (Lipinski definition) is 1. The Balaban J connectivity index is 1.48. The number of carbonyl (C=O) groups is 1. The number of benzene rings is 2. The Morgan fingerprint density at radius 3 is 2.53 bits per heavy atom. The van der Waals surface area contributed by atoms with Crippen LogP contribution in [0.15, 0.2) is 54.6 Å². The third-order valence-electron chi connectivity index (χ3n) is 6.03. The summed E-state index contributed by atoms with van der Waals surface area (Å²) in [6, 6.07) is 17.8. The van der Waals surface area contributed by atoms with Crippen LogP contribution < -0.4 is 14.8 Å². The number of carbonyl (C=O) groups excluding carboxylic acids is 1. The molecule has 7 heteroatoms. The average Bonchev–Trinajstić information content (AvgIpc) is 3.28. The van der Waals surface area contributed by atoms with E-state index in [-0.39, 0.29) is 5.91 Å². The van der Waals surface area contributed by atoms with Gasteiger partial charge in [0, 0.05) is 42.0 Å². The lowest BCUT2D eigenvalue weighted by Crippen LogP contribution is -2.26. The first-order chi connectivity index (χ1) is 16.5. The zero-order valence-electron chi connectivity index (χ0n) is 20.1. The molecule has 0 radical (unpaired) electrons. The van der Waals surface area contributed by atoms with E-state index in [2.05, 4.69) is 17.4 Å². The van der Waals surface area contributed by atoms with Crippen molar-refractivity contribution in [2.45, 2.75) is 33.1 Å². The SMILES string of the molecule is COc1ccc(-c2cc3nc(C)c(CCC(=O)NCCc4ccccc4)c(C)n3n2)c(OC)c1. The van der Waals surface area contributed by atoms with Crippen molar-refractivity contribution in [3.63, 3.8) is 0 Å². The van der Waals surface area contributed by atoms with Gasteiger partial charge in [0.2, 0.25) is 5.91 Å². The highest BCUT2D eigenvalue weighted by molar-refractivity contribution is 5.76. The first kappa shape index (κ1) is 23.3. The van der Waals surface area contributed by atoms with Gasteiger partial charge in [0.05, 0.1) is 19.9 Å². The lowest BCUT2D eigenvalue weighted by atomic mass is 10.1. The average molecular weight is 459 g/mol. The first-order valence-electron chi connectivity index (χ1n) is 11.4. The van der Waals surface area contributed by atoms with Crippen LogP contribution in [0.2, 0.25) is 0 Å². The Bertz CT molecular complexity index is 1300. The molecule has 0 aliphatic carbocycles. The largest absolute Gasteiger partial charge is 0.497 e. The maximum absolute atomic E-state index is 12.4. The summed E-state index contributed by atoms with van der Waals surface area (Å²) in [5.41, 5.74) is 6.55. The monoisotopic (exact) mass is 458 g/mol. The van der Waals surface area contributed by atoms with E-state index in [9.17, 15) is 4.79 Å². The van der Waals surface area contributed by atoms with Gasteiger partial charge in [0.25, 0.3) is 0 Å². The summed E-state index contributed by atoms with van der Waals surface area (Å²) in [6.45, 7) is 4.63. The van der Waals surface area contributed by atoms with E-state index in [1.807, 2.05) is 60.8 Å². The lowest BCUT2D eigenvalue weighted by molar-refractivity contribution is -0.121. The number of hydrogen-bond acceptors (Lipinski definition) is 5. The minimum atomic E-state index is 0.0407. The molecule has 1 N–H and O–H groups in total. The molecule has 34 heavy (non-hydrogen) atoms. The Hall–Kier alpha value is -3.87. The first-order valence-corrected chi connectivity index (χ1v) is 11.4. The van der Waals surface area contributed by atoms with Crippen LogP contribution in [0.3, 0.4) is 0 Å². The van der Waals surface area contributed by atoms with Gasteiger partial charge < -0.3 is 14.8 Å². The zero-order valence-corrected chi connectivity index (χ0v) is 20.1. The van der Waals surface area contributed by atoms with Crippen molar-refractivity contribution in [1.82, 2.24) is 19.9 Å². The molecule has 2 aromatic heterocycles. The van der Waals surface area contributed by atoms with Crippen LogP contribution in [0.4, 0.5) is 0 Å². The number of nitrogens with zero attached hydrogens (tertiary/aromatic N) is 3. The van der Waals surface area contributed by atoms with Gasteiger partial charge in [-0.05, 0) is 49.9 Å². The second kappa shape index (κ2) is 10.4. The smallest absolute Gasteiger partial charge is 0.220 e. The molecule has 2 aromatic carbocycles. The molecule has 0 bridgehead atoms. The normalized spacial score (nSPS) is 10.9. The molecule has 0 unspecified atom stereocenters. The molecule has 176 valence electrons. The highest BCUT2D eigenvalue weighted by atomic mass is 16.5. The molecule has 0 saturated carbocycles. The Morgan fingerprint density at radius 1 is 1.00 bits per heavy atom. The zero-order chi connectivity index (χ0) is 24.1. The van der Waals surface area contributed by atoms with Crippen LogP contribution in [0.1, 0.15) is 28.9 Å². The molecule has 0 spiro atoms. The van der Waals surface area contributed by atoms with E-state index in [1.165, 1.54) is 5.56 Å². The number of fused-ring (bicyclic) bond motifs is 1. The van der Waals surface area contributed by atoms with Crippen LogP contribution in [-0.4, -0.2) is 41.3 Å². The second-order valence-corrected chi connectivity index (χ2v) is 8.21. The number of amides is 1. The molecule has 7 nitrogen and oxygen atoms in total. The van der Waals surface area contributed by atoms with Crippen LogP contribution in [-0.2, 0) is 17.6 Å². The van der Waals surface area contributed by atoms with Crippen LogP contribution in [0, 0.1) is 13.8 Å². The molecule has 0 aliphatic rings. The minimum Gasteiger partial charge on any atom is -0.497 e. The van der Waals surface area contributed by atoms with E-state index in [4.69, 9.17) is 19.6 Å². The molecule has 4 aromatic rings. The van der Waals surface area contributed by atoms with Crippen molar-refractivity contribution in [3.8, 4) is 22.8 Å². The van der Waals surface area contributed by atoms with Crippen LogP contribution in [0.5, 0.6) is 11.5 Å². The summed E-state index contributed by atoms with van der Waals surface area (Å²) in [7, 11) is 3.26. The summed E-state index contributed by atoms with van der Waals surface area (Å²) in [6.07, 6.45) is 1.84. The molecule has 4 rings (SSSR count). The van der Waals surface area contributed by atoms with Gasteiger partial charge in [-0.25, -0.2) is 9.50 Å². The summed E-state index contributed by atoms with van der Waals surface area (Å²) in [4.78, 5) is 17.2. The van der Waals surface area contributed by atoms with Crippen LogP contribution in [0.25, 0.3) is 16.9 Å². The molecular formula is C27H30N4O3. The Morgan fingerprint density at radius 2 is 1.79 bits per heavy atom.